The van der Waals surface area contributed by atoms with E-state index in [2.05, 4.69) is 10.0 Å². The Morgan fingerprint density at radius 2 is 1.76 bits per heavy atom. The molecule has 0 saturated carbocycles. The van der Waals surface area contributed by atoms with E-state index in [1.54, 1.807) is 36.4 Å². The quantitative estimate of drug-likeness (QED) is 0.679. The van der Waals surface area contributed by atoms with Crippen LogP contribution in [-0.2, 0) is 10.2 Å². The molecule has 6 nitrogen and oxygen atoms in total. The number of nitrogens with two attached hydrogens (primary N) is 1. The second-order valence-corrected chi connectivity index (χ2v) is 5.98. The fourth-order valence-corrected chi connectivity index (χ4v) is 2.42. The first-order valence-corrected chi connectivity index (χ1v) is 7.84. The van der Waals surface area contributed by atoms with Crippen molar-refractivity contribution in [1.82, 2.24) is 0 Å². The van der Waals surface area contributed by atoms with Crippen LogP contribution in [0.4, 0.5) is 11.4 Å². The molecule has 21 heavy (non-hydrogen) atoms. The van der Waals surface area contributed by atoms with Crippen molar-refractivity contribution in [3.63, 3.8) is 0 Å². The summed E-state index contributed by atoms with van der Waals surface area (Å²) in [6, 6.07) is 13.7. The van der Waals surface area contributed by atoms with Gasteiger partial charge in [0, 0.05) is 11.7 Å². The number of rotatable bonds is 5. The highest BCUT2D eigenvalue weighted by molar-refractivity contribution is 7.90. The topological polar surface area (TPSA) is 104 Å². The van der Waals surface area contributed by atoms with Crippen LogP contribution in [0.15, 0.2) is 48.5 Å². The van der Waals surface area contributed by atoms with Gasteiger partial charge in [-0.3, -0.25) is 4.72 Å². The number of phenolic OH excluding ortho intramolecular Hbond substituents is 1. The zero-order chi connectivity index (χ0) is 15.5. The van der Waals surface area contributed by atoms with E-state index in [0.717, 1.165) is 11.3 Å². The number of hydrogen-bond acceptors (Lipinski definition) is 4. The normalized spacial score (nSPS) is 12.7. The van der Waals surface area contributed by atoms with Crippen LogP contribution in [0.1, 0.15) is 18.5 Å². The van der Waals surface area contributed by atoms with Gasteiger partial charge in [0.25, 0.3) is 10.2 Å². The second-order valence-electron chi connectivity index (χ2n) is 4.69. The maximum absolute atomic E-state index is 11.0. The van der Waals surface area contributed by atoms with Crippen LogP contribution in [0.2, 0.25) is 0 Å². The molecule has 2 rings (SSSR count). The number of phenols is 1. The Morgan fingerprint density at radius 1 is 1.10 bits per heavy atom. The fourth-order valence-electron chi connectivity index (χ4n) is 1.96. The summed E-state index contributed by atoms with van der Waals surface area (Å²) in [4.78, 5) is 0. The summed E-state index contributed by atoms with van der Waals surface area (Å²) in [6.45, 7) is 1.94. The van der Waals surface area contributed by atoms with E-state index in [4.69, 9.17) is 5.14 Å². The van der Waals surface area contributed by atoms with Crippen molar-refractivity contribution in [1.29, 1.82) is 0 Å². The van der Waals surface area contributed by atoms with E-state index < -0.39 is 10.2 Å². The Kier molecular flexibility index (Phi) is 4.35. The first-order valence-electron chi connectivity index (χ1n) is 6.29. The van der Waals surface area contributed by atoms with Crippen LogP contribution in [0, 0.1) is 0 Å². The lowest BCUT2D eigenvalue weighted by Crippen LogP contribution is -2.21. The Labute approximate surface area is 123 Å². The van der Waals surface area contributed by atoms with Gasteiger partial charge in [0.15, 0.2) is 0 Å². The molecule has 2 aromatic rings. The third-order valence-corrected chi connectivity index (χ3v) is 3.40. The summed E-state index contributed by atoms with van der Waals surface area (Å²) >= 11 is 0. The molecule has 0 radical (unpaired) electrons. The summed E-state index contributed by atoms with van der Waals surface area (Å²) in [6.07, 6.45) is 0. The van der Waals surface area contributed by atoms with E-state index in [9.17, 15) is 13.5 Å². The smallest absolute Gasteiger partial charge is 0.296 e. The maximum Gasteiger partial charge on any atom is 0.296 e. The lowest BCUT2D eigenvalue weighted by molar-refractivity contribution is 0.474. The molecule has 0 bridgehead atoms. The molecule has 0 spiro atoms. The molecule has 0 amide bonds. The average Bonchev–Trinajstić information content (AvgIpc) is 2.37. The fraction of sp³-hybridized carbons (Fsp3) is 0.143. The highest BCUT2D eigenvalue weighted by atomic mass is 32.2. The Morgan fingerprint density at radius 3 is 2.43 bits per heavy atom. The summed E-state index contributed by atoms with van der Waals surface area (Å²) in [5.41, 5.74) is 2.03. The molecule has 7 heteroatoms. The Hall–Kier alpha value is -2.25. The third-order valence-electron chi connectivity index (χ3n) is 2.88. The summed E-state index contributed by atoms with van der Waals surface area (Å²) in [7, 11) is -3.79. The largest absolute Gasteiger partial charge is 0.508 e. The molecular formula is C14H17N3O3S. The van der Waals surface area contributed by atoms with E-state index in [1.165, 1.54) is 0 Å². The van der Waals surface area contributed by atoms with Crippen molar-refractivity contribution >= 4 is 21.6 Å². The number of aromatic hydroxyl groups is 1. The minimum Gasteiger partial charge on any atom is -0.508 e. The standard InChI is InChI=1S/C14H17N3O3S/c1-10(11-4-2-7-14(18)8-11)16-12-5-3-6-13(9-12)17-21(15,19)20/h2-10,16-18H,1H3,(H2,15,19,20). The number of benzene rings is 2. The van der Waals surface area contributed by atoms with Gasteiger partial charge in [0.2, 0.25) is 0 Å². The molecule has 0 aliphatic carbocycles. The molecule has 0 heterocycles. The zero-order valence-electron chi connectivity index (χ0n) is 11.4. The van der Waals surface area contributed by atoms with Gasteiger partial charge in [-0.15, -0.1) is 0 Å². The minimum atomic E-state index is -3.79. The molecule has 0 aromatic heterocycles. The van der Waals surface area contributed by atoms with Crippen molar-refractivity contribution in [2.24, 2.45) is 5.14 Å². The van der Waals surface area contributed by atoms with Gasteiger partial charge in [-0.05, 0) is 42.8 Å². The molecule has 0 aliphatic heterocycles. The van der Waals surface area contributed by atoms with Crippen molar-refractivity contribution in [3.05, 3.63) is 54.1 Å². The SMILES string of the molecule is CC(Nc1cccc(NS(N)(=O)=O)c1)c1cccc(O)c1. The third kappa shape index (κ3) is 4.66. The van der Waals surface area contributed by atoms with Crippen molar-refractivity contribution in [2.45, 2.75) is 13.0 Å². The van der Waals surface area contributed by atoms with E-state index in [1.807, 2.05) is 19.1 Å². The molecule has 0 saturated heterocycles. The van der Waals surface area contributed by atoms with Crippen molar-refractivity contribution in [3.8, 4) is 5.75 Å². The first-order chi connectivity index (χ1) is 9.83. The monoisotopic (exact) mass is 307 g/mol. The van der Waals surface area contributed by atoms with Crippen LogP contribution in [0.5, 0.6) is 5.75 Å². The molecule has 2 aromatic carbocycles. The van der Waals surface area contributed by atoms with Crippen molar-refractivity contribution < 1.29 is 13.5 Å². The van der Waals surface area contributed by atoms with E-state index in [-0.39, 0.29) is 11.8 Å². The summed E-state index contributed by atoms with van der Waals surface area (Å²) in [5, 5.41) is 17.6. The van der Waals surface area contributed by atoms with Gasteiger partial charge in [-0.1, -0.05) is 18.2 Å². The minimum absolute atomic E-state index is 0.0539. The molecular weight excluding hydrogens is 290 g/mol. The predicted octanol–water partition coefficient (Wildman–Crippen LogP) is 2.18. The van der Waals surface area contributed by atoms with E-state index in [0.29, 0.717) is 5.69 Å². The highest BCUT2D eigenvalue weighted by Gasteiger charge is 2.07. The van der Waals surface area contributed by atoms with Gasteiger partial charge in [0.05, 0.1) is 5.69 Å². The molecule has 0 aliphatic rings. The van der Waals surface area contributed by atoms with Gasteiger partial charge in [-0.25, -0.2) is 5.14 Å². The van der Waals surface area contributed by atoms with Crippen LogP contribution >= 0.6 is 0 Å². The Balaban J connectivity index is 2.14. The van der Waals surface area contributed by atoms with Crippen LogP contribution in [0.25, 0.3) is 0 Å². The number of nitrogens with one attached hydrogen (secondary N) is 2. The molecule has 5 N–H and O–H groups in total. The average molecular weight is 307 g/mol. The molecule has 1 unspecified atom stereocenters. The summed E-state index contributed by atoms with van der Waals surface area (Å²) < 4.78 is 24.2. The lowest BCUT2D eigenvalue weighted by atomic mass is 10.1. The molecule has 112 valence electrons. The number of hydrogen-bond donors (Lipinski definition) is 4. The van der Waals surface area contributed by atoms with Crippen molar-refractivity contribution in [2.75, 3.05) is 10.0 Å². The maximum atomic E-state index is 11.0. The molecule has 0 fully saturated rings. The van der Waals surface area contributed by atoms with Crippen LogP contribution < -0.4 is 15.2 Å². The van der Waals surface area contributed by atoms with E-state index >= 15 is 0 Å². The second kappa shape index (κ2) is 6.02. The van der Waals surface area contributed by atoms with Gasteiger partial charge in [-0.2, -0.15) is 8.42 Å². The Bertz CT molecular complexity index is 732. The zero-order valence-corrected chi connectivity index (χ0v) is 12.3. The summed E-state index contributed by atoms with van der Waals surface area (Å²) in [5.74, 6) is 0.200. The van der Waals surface area contributed by atoms with Crippen LogP contribution in [-0.4, -0.2) is 13.5 Å². The van der Waals surface area contributed by atoms with Gasteiger partial charge >= 0.3 is 0 Å². The highest BCUT2D eigenvalue weighted by Crippen LogP contribution is 2.23. The molecule has 1 atom stereocenters. The predicted molar refractivity (Wildman–Crippen MR) is 83.3 cm³/mol. The van der Waals surface area contributed by atoms with Gasteiger partial charge < -0.3 is 10.4 Å². The van der Waals surface area contributed by atoms with Crippen LogP contribution in [0.3, 0.4) is 0 Å². The lowest BCUT2D eigenvalue weighted by Gasteiger charge is -2.16. The van der Waals surface area contributed by atoms with Gasteiger partial charge in [0.1, 0.15) is 5.75 Å². The number of anilines is 2. The first kappa shape index (κ1) is 15.1.